The van der Waals surface area contributed by atoms with Gasteiger partial charge in [0.1, 0.15) is 11.3 Å². The first-order chi connectivity index (χ1) is 15.5. The van der Waals surface area contributed by atoms with Crippen LogP contribution in [0, 0.1) is 6.92 Å². The smallest absolute Gasteiger partial charge is 0.268 e. The Morgan fingerprint density at radius 1 is 1.12 bits per heavy atom. The summed E-state index contributed by atoms with van der Waals surface area (Å²) in [5, 5.41) is 9.57. The quantitative estimate of drug-likeness (QED) is 0.622. The van der Waals surface area contributed by atoms with Crippen molar-refractivity contribution in [1.82, 2.24) is 9.47 Å². The zero-order valence-electron chi connectivity index (χ0n) is 18.5. The van der Waals surface area contributed by atoms with Crippen LogP contribution in [-0.4, -0.2) is 40.7 Å². The molecule has 0 atom stereocenters. The molecule has 0 aliphatic heterocycles. The first-order valence-corrected chi connectivity index (χ1v) is 10.9. The Morgan fingerprint density at radius 2 is 1.91 bits per heavy atom. The molecule has 0 saturated carbocycles. The normalized spacial score (nSPS) is 12.5. The van der Waals surface area contributed by atoms with Gasteiger partial charge in [-0.05, 0) is 72.7 Å². The van der Waals surface area contributed by atoms with Gasteiger partial charge in [-0.25, -0.2) is 0 Å². The zero-order valence-corrected chi connectivity index (χ0v) is 18.5. The van der Waals surface area contributed by atoms with Gasteiger partial charge >= 0.3 is 0 Å². The second-order valence-corrected chi connectivity index (χ2v) is 8.12. The van der Waals surface area contributed by atoms with E-state index < -0.39 is 0 Å². The number of fused-ring (bicyclic) bond motifs is 1. The van der Waals surface area contributed by atoms with Gasteiger partial charge in [0, 0.05) is 19.3 Å². The Bertz CT molecular complexity index is 1180. The molecular formula is C26H28N2O4. The Morgan fingerprint density at radius 3 is 2.62 bits per heavy atom. The van der Waals surface area contributed by atoms with Gasteiger partial charge in [0.15, 0.2) is 0 Å². The second kappa shape index (κ2) is 9.40. The van der Waals surface area contributed by atoms with Gasteiger partial charge in [-0.3, -0.25) is 14.2 Å². The summed E-state index contributed by atoms with van der Waals surface area (Å²) in [6, 6.07) is 15.2. The number of benzene rings is 2. The van der Waals surface area contributed by atoms with Crippen LogP contribution in [-0.2, 0) is 19.4 Å². The van der Waals surface area contributed by atoms with Crippen LogP contribution in [0.15, 0.2) is 59.5 Å². The van der Waals surface area contributed by atoms with Crippen molar-refractivity contribution in [2.45, 2.75) is 32.7 Å². The van der Waals surface area contributed by atoms with Crippen LogP contribution in [0.2, 0.25) is 0 Å². The van der Waals surface area contributed by atoms with Gasteiger partial charge < -0.3 is 14.7 Å². The number of methoxy groups -OCH3 is 1. The van der Waals surface area contributed by atoms with E-state index in [-0.39, 0.29) is 36.7 Å². The Hall–Kier alpha value is -3.38. The Labute approximate surface area is 187 Å². The number of aliphatic hydroxyl groups excluding tert-OH is 1. The van der Waals surface area contributed by atoms with E-state index in [1.807, 2.05) is 42.5 Å². The highest BCUT2D eigenvalue weighted by molar-refractivity contribution is 5.95. The molecule has 0 saturated heterocycles. The fourth-order valence-corrected chi connectivity index (χ4v) is 4.38. The molecule has 0 radical (unpaired) electrons. The van der Waals surface area contributed by atoms with Crippen LogP contribution < -0.4 is 10.3 Å². The molecule has 6 heteroatoms. The zero-order chi connectivity index (χ0) is 22.7. The van der Waals surface area contributed by atoms with Crippen LogP contribution in [0.25, 0.3) is 5.69 Å². The number of hydrogen-bond donors (Lipinski definition) is 1. The van der Waals surface area contributed by atoms with Gasteiger partial charge in [-0.2, -0.15) is 0 Å². The highest BCUT2D eigenvalue weighted by atomic mass is 16.5. The molecule has 4 rings (SSSR count). The van der Waals surface area contributed by atoms with Crippen molar-refractivity contribution in [3.05, 3.63) is 92.9 Å². The van der Waals surface area contributed by atoms with Crippen LogP contribution >= 0.6 is 0 Å². The molecule has 1 heterocycles. The predicted molar refractivity (Wildman–Crippen MR) is 124 cm³/mol. The molecular weight excluding hydrogens is 404 g/mol. The van der Waals surface area contributed by atoms with Gasteiger partial charge in [0.05, 0.1) is 19.4 Å². The van der Waals surface area contributed by atoms with E-state index in [0.29, 0.717) is 5.56 Å². The average molecular weight is 433 g/mol. The number of hydrogen-bond acceptors (Lipinski definition) is 4. The molecule has 0 fully saturated rings. The maximum Gasteiger partial charge on any atom is 0.268 e. The molecule has 1 N–H and O–H groups in total. The van der Waals surface area contributed by atoms with Crippen molar-refractivity contribution < 1.29 is 14.6 Å². The summed E-state index contributed by atoms with van der Waals surface area (Å²) >= 11 is 0. The lowest BCUT2D eigenvalue weighted by Crippen LogP contribution is -2.38. The molecule has 1 aliphatic carbocycles. The topological polar surface area (TPSA) is 71.8 Å². The number of amides is 1. The van der Waals surface area contributed by atoms with E-state index in [9.17, 15) is 14.7 Å². The highest BCUT2D eigenvalue weighted by Crippen LogP contribution is 2.27. The van der Waals surface area contributed by atoms with E-state index in [2.05, 4.69) is 6.07 Å². The van der Waals surface area contributed by atoms with E-state index >= 15 is 0 Å². The summed E-state index contributed by atoms with van der Waals surface area (Å²) in [5.74, 6) is 0.352. The first kappa shape index (κ1) is 21.8. The maximum absolute atomic E-state index is 13.5. The number of rotatable bonds is 7. The van der Waals surface area contributed by atoms with E-state index in [0.717, 1.165) is 36.3 Å². The number of carbonyl (C=O) groups is 1. The van der Waals surface area contributed by atoms with Crippen molar-refractivity contribution in [2.24, 2.45) is 0 Å². The van der Waals surface area contributed by atoms with Crippen molar-refractivity contribution in [3.8, 4) is 11.4 Å². The Kier molecular flexibility index (Phi) is 6.42. The van der Waals surface area contributed by atoms with Crippen molar-refractivity contribution in [1.29, 1.82) is 0 Å². The molecule has 1 amide bonds. The third-order valence-corrected chi connectivity index (χ3v) is 6.08. The standard InChI is InChI=1S/C26H28N2O4/c1-18-13-14-28(23-8-4-6-20-5-3-7-22(20)23)26(31)24(18)25(30)27(15-16-29)17-19-9-11-21(32-2)12-10-19/h4,6,8-14,29H,3,5,7,15-17H2,1-2H3. The molecule has 0 bridgehead atoms. The fraction of sp³-hybridized carbons (Fsp3) is 0.308. The maximum atomic E-state index is 13.5. The van der Waals surface area contributed by atoms with E-state index in [4.69, 9.17) is 4.74 Å². The lowest BCUT2D eigenvalue weighted by molar-refractivity contribution is 0.0705. The molecule has 2 aromatic carbocycles. The van der Waals surface area contributed by atoms with E-state index in [1.54, 1.807) is 24.8 Å². The van der Waals surface area contributed by atoms with Crippen LogP contribution in [0.5, 0.6) is 5.75 Å². The van der Waals surface area contributed by atoms with Crippen LogP contribution in [0.1, 0.15) is 39.0 Å². The predicted octanol–water partition coefficient (Wildman–Crippen LogP) is 3.28. The monoisotopic (exact) mass is 432 g/mol. The number of carbonyl (C=O) groups excluding carboxylic acids is 1. The fourth-order valence-electron chi connectivity index (χ4n) is 4.38. The number of aliphatic hydroxyl groups is 1. The number of ether oxygens (including phenoxy) is 1. The molecule has 1 aliphatic rings. The summed E-state index contributed by atoms with van der Waals surface area (Å²) in [5.41, 5.74) is 4.64. The summed E-state index contributed by atoms with van der Waals surface area (Å²) in [6.45, 7) is 2.02. The second-order valence-electron chi connectivity index (χ2n) is 8.12. The van der Waals surface area contributed by atoms with Gasteiger partial charge in [-0.1, -0.05) is 24.3 Å². The van der Waals surface area contributed by atoms with Crippen LogP contribution in [0.4, 0.5) is 0 Å². The molecule has 0 spiro atoms. The minimum absolute atomic E-state index is 0.138. The highest BCUT2D eigenvalue weighted by Gasteiger charge is 2.24. The van der Waals surface area contributed by atoms with Crippen molar-refractivity contribution in [2.75, 3.05) is 20.3 Å². The largest absolute Gasteiger partial charge is 0.497 e. The van der Waals surface area contributed by atoms with Crippen molar-refractivity contribution >= 4 is 5.91 Å². The number of nitrogens with zero attached hydrogens (tertiary/aromatic N) is 2. The third kappa shape index (κ3) is 4.18. The lowest BCUT2D eigenvalue weighted by atomic mass is 10.1. The van der Waals surface area contributed by atoms with Gasteiger partial charge in [0.2, 0.25) is 0 Å². The first-order valence-electron chi connectivity index (χ1n) is 10.9. The minimum atomic E-state index is -0.376. The van der Waals surface area contributed by atoms with Crippen LogP contribution in [0.3, 0.4) is 0 Å². The molecule has 32 heavy (non-hydrogen) atoms. The van der Waals surface area contributed by atoms with Gasteiger partial charge in [-0.15, -0.1) is 0 Å². The molecule has 166 valence electrons. The molecule has 3 aromatic rings. The average Bonchev–Trinajstić information content (AvgIpc) is 3.29. The number of aromatic nitrogens is 1. The molecule has 0 unspecified atom stereocenters. The van der Waals surface area contributed by atoms with E-state index in [1.165, 1.54) is 16.0 Å². The molecule has 1 aromatic heterocycles. The third-order valence-electron chi connectivity index (χ3n) is 6.08. The van der Waals surface area contributed by atoms with Gasteiger partial charge in [0.25, 0.3) is 11.5 Å². The number of pyridine rings is 1. The minimum Gasteiger partial charge on any atom is -0.497 e. The number of aryl methyl sites for hydroxylation is 2. The lowest BCUT2D eigenvalue weighted by Gasteiger charge is -2.23. The summed E-state index contributed by atoms with van der Waals surface area (Å²) in [7, 11) is 1.60. The molecule has 6 nitrogen and oxygen atoms in total. The Balaban J connectivity index is 1.71. The van der Waals surface area contributed by atoms with Crippen molar-refractivity contribution in [3.63, 3.8) is 0 Å². The summed E-state index contributed by atoms with van der Waals surface area (Å²) in [4.78, 5) is 28.5. The summed E-state index contributed by atoms with van der Waals surface area (Å²) in [6.07, 6.45) is 4.78. The summed E-state index contributed by atoms with van der Waals surface area (Å²) < 4.78 is 6.78. The SMILES string of the molecule is COc1ccc(CN(CCO)C(=O)c2c(C)ccn(-c3cccc4c3CCC4)c2=O)cc1.